The molecule has 0 aromatic carbocycles. The molecule has 1 N–H and O–H groups in total. The van der Waals surface area contributed by atoms with E-state index in [1.807, 2.05) is 26.0 Å². The third-order valence-corrected chi connectivity index (χ3v) is 3.32. The zero-order valence-corrected chi connectivity index (χ0v) is 11.9. The number of urea groups is 1. The van der Waals surface area contributed by atoms with Gasteiger partial charge in [-0.15, -0.1) is 0 Å². The normalized spacial score (nSPS) is 14.5. The molecule has 108 valence electrons. The number of carbonyl (C=O) groups excluding carboxylic acids is 2. The van der Waals surface area contributed by atoms with Crippen LogP contribution in [0, 0.1) is 6.92 Å². The van der Waals surface area contributed by atoms with Crippen molar-refractivity contribution in [1.29, 1.82) is 0 Å². The Balaban J connectivity index is 1.83. The minimum Gasteiger partial charge on any atom is -0.332 e. The Labute approximate surface area is 118 Å². The fourth-order valence-corrected chi connectivity index (χ4v) is 2.16. The lowest BCUT2D eigenvalue weighted by atomic mass is 10.2. The molecule has 3 amide bonds. The lowest BCUT2D eigenvalue weighted by Crippen LogP contribution is -2.40. The predicted molar refractivity (Wildman–Crippen MR) is 74.8 cm³/mol. The molecule has 0 spiro atoms. The molecular formula is C14H20N4O2. The second-order valence-corrected chi connectivity index (χ2v) is 4.90. The van der Waals surface area contributed by atoms with E-state index >= 15 is 0 Å². The van der Waals surface area contributed by atoms with Gasteiger partial charge >= 0.3 is 6.03 Å². The average molecular weight is 276 g/mol. The summed E-state index contributed by atoms with van der Waals surface area (Å²) in [5.41, 5.74) is 1.95. The second kappa shape index (κ2) is 6.36. The van der Waals surface area contributed by atoms with Crippen molar-refractivity contribution in [3.63, 3.8) is 0 Å². The molecule has 6 nitrogen and oxygen atoms in total. The smallest absolute Gasteiger partial charge is 0.319 e. The molecule has 2 rings (SSSR count). The van der Waals surface area contributed by atoms with Gasteiger partial charge in [0.15, 0.2) is 0 Å². The van der Waals surface area contributed by atoms with Crippen LogP contribution in [0.4, 0.5) is 4.79 Å². The second-order valence-electron chi connectivity index (χ2n) is 4.90. The third kappa shape index (κ3) is 3.46. The van der Waals surface area contributed by atoms with Crippen molar-refractivity contribution in [2.45, 2.75) is 26.8 Å². The van der Waals surface area contributed by atoms with Crippen LogP contribution >= 0.6 is 0 Å². The highest BCUT2D eigenvalue weighted by atomic mass is 16.2. The molecule has 1 aliphatic rings. The quantitative estimate of drug-likeness (QED) is 0.899. The minimum absolute atomic E-state index is 0.0839. The predicted octanol–water partition coefficient (Wildman–Crippen LogP) is 1.11. The molecule has 0 unspecified atom stereocenters. The molecule has 0 atom stereocenters. The maximum atomic E-state index is 12.0. The highest BCUT2D eigenvalue weighted by Crippen LogP contribution is 2.07. The lowest BCUT2D eigenvalue weighted by Gasteiger charge is -2.18. The van der Waals surface area contributed by atoms with Gasteiger partial charge in [0, 0.05) is 25.7 Å². The van der Waals surface area contributed by atoms with Crippen molar-refractivity contribution in [2.24, 2.45) is 0 Å². The van der Waals surface area contributed by atoms with Crippen LogP contribution in [-0.2, 0) is 11.3 Å². The Morgan fingerprint density at radius 2 is 2.10 bits per heavy atom. The summed E-state index contributed by atoms with van der Waals surface area (Å²) in [4.78, 5) is 31.1. The van der Waals surface area contributed by atoms with Crippen LogP contribution in [0.15, 0.2) is 18.3 Å². The Morgan fingerprint density at radius 3 is 2.80 bits per heavy atom. The molecule has 6 heteroatoms. The SMILES string of the molecule is CCC(=O)N1CCN(C(=O)NCc2cc(C)ccn2)C1. The highest BCUT2D eigenvalue weighted by Gasteiger charge is 2.26. The van der Waals surface area contributed by atoms with E-state index in [-0.39, 0.29) is 11.9 Å². The fourth-order valence-electron chi connectivity index (χ4n) is 2.16. The minimum atomic E-state index is -0.153. The largest absolute Gasteiger partial charge is 0.332 e. The maximum Gasteiger partial charge on any atom is 0.319 e. The Bertz CT molecular complexity index is 504. The third-order valence-electron chi connectivity index (χ3n) is 3.32. The molecule has 0 radical (unpaired) electrons. The average Bonchev–Trinajstić information content (AvgIpc) is 2.94. The summed E-state index contributed by atoms with van der Waals surface area (Å²) < 4.78 is 0. The first-order valence-corrected chi connectivity index (χ1v) is 6.82. The highest BCUT2D eigenvalue weighted by molar-refractivity contribution is 5.78. The van der Waals surface area contributed by atoms with Crippen molar-refractivity contribution in [3.8, 4) is 0 Å². The topological polar surface area (TPSA) is 65.5 Å². The molecular weight excluding hydrogens is 256 g/mol. The van der Waals surface area contributed by atoms with Gasteiger partial charge in [0.1, 0.15) is 0 Å². The first kappa shape index (κ1) is 14.3. The van der Waals surface area contributed by atoms with E-state index in [9.17, 15) is 9.59 Å². The fraction of sp³-hybridized carbons (Fsp3) is 0.500. The number of nitrogens with one attached hydrogen (secondary N) is 1. The molecule has 0 aliphatic carbocycles. The van der Waals surface area contributed by atoms with Crippen LogP contribution in [0.3, 0.4) is 0 Å². The number of aryl methyl sites for hydroxylation is 1. The number of nitrogens with zero attached hydrogens (tertiary/aromatic N) is 3. The van der Waals surface area contributed by atoms with Crippen LogP contribution in [-0.4, -0.2) is 46.5 Å². The van der Waals surface area contributed by atoms with Crippen molar-refractivity contribution < 1.29 is 9.59 Å². The molecule has 0 saturated carbocycles. The van der Waals surface area contributed by atoms with Crippen LogP contribution < -0.4 is 5.32 Å². The van der Waals surface area contributed by atoms with E-state index in [0.717, 1.165) is 11.3 Å². The van der Waals surface area contributed by atoms with Crippen molar-refractivity contribution in [2.75, 3.05) is 19.8 Å². The Kier molecular flexibility index (Phi) is 4.55. The number of hydrogen-bond donors (Lipinski definition) is 1. The lowest BCUT2D eigenvalue weighted by molar-refractivity contribution is -0.130. The Morgan fingerprint density at radius 1 is 1.35 bits per heavy atom. The van der Waals surface area contributed by atoms with Crippen molar-refractivity contribution in [1.82, 2.24) is 20.1 Å². The van der Waals surface area contributed by atoms with Gasteiger partial charge in [0.2, 0.25) is 5.91 Å². The summed E-state index contributed by atoms with van der Waals surface area (Å²) in [7, 11) is 0. The molecule has 1 saturated heterocycles. The van der Waals surface area contributed by atoms with Crippen LogP contribution in [0.2, 0.25) is 0 Å². The molecule has 20 heavy (non-hydrogen) atoms. The number of carbonyl (C=O) groups is 2. The molecule has 1 aromatic heterocycles. The molecule has 0 bridgehead atoms. The summed E-state index contributed by atoms with van der Waals surface area (Å²) >= 11 is 0. The van der Waals surface area contributed by atoms with Gasteiger partial charge in [-0.25, -0.2) is 4.79 Å². The maximum absolute atomic E-state index is 12.0. The molecule has 1 fully saturated rings. The zero-order valence-electron chi connectivity index (χ0n) is 11.9. The number of aromatic nitrogens is 1. The van der Waals surface area contributed by atoms with Crippen LogP contribution in [0.1, 0.15) is 24.6 Å². The number of rotatable bonds is 3. The van der Waals surface area contributed by atoms with E-state index in [0.29, 0.717) is 32.7 Å². The van der Waals surface area contributed by atoms with Gasteiger partial charge in [-0.05, 0) is 24.6 Å². The number of hydrogen-bond acceptors (Lipinski definition) is 3. The molecule has 1 aromatic rings. The zero-order chi connectivity index (χ0) is 14.5. The molecule has 2 heterocycles. The summed E-state index contributed by atoms with van der Waals surface area (Å²) in [6, 6.07) is 3.71. The van der Waals surface area contributed by atoms with Crippen molar-refractivity contribution in [3.05, 3.63) is 29.6 Å². The van der Waals surface area contributed by atoms with Gasteiger partial charge in [-0.2, -0.15) is 0 Å². The number of pyridine rings is 1. The monoisotopic (exact) mass is 276 g/mol. The summed E-state index contributed by atoms with van der Waals surface area (Å²) in [6.45, 7) is 5.79. The van der Waals surface area contributed by atoms with Gasteiger partial charge in [-0.1, -0.05) is 6.92 Å². The van der Waals surface area contributed by atoms with Gasteiger partial charge in [0.05, 0.1) is 18.9 Å². The van der Waals surface area contributed by atoms with E-state index < -0.39 is 0 Å². The Hall–Kier alpha value is -2.11. The first-order chi connectivity index (χ1) is 9.60. The summed E-state index contributed by atoms with van der Waals surface area (Å²) in [5.74, 6) is 0.0839. The van der Waals surface area contributed by atoms with E-state index in [1.165, 1.54) is 0 Å². The van der Waals surface area contributed by atoms with Crippen molar-refractivity contribution >= 4 is 11.9 Å². The summed E-state index contributed by atoms with van der Waals surface area (Å²) in [6.07, 6.45) is 2.21. The van der Waals surface area contributed by atoms with Gasteiger partial charge in [-0.3, -0.25) is 9.78 Å². The van der Waals surface area contributed by atoms with Gasteiger partial charge < -0.3 is 15.1 Å². The summed E-state index contributed by atoms with van der Waals surface area (Å²) in [5, 5.41) is 2.83. The van der Waals surface area contributed by atoms with Gasteiger partial charge in [0.25, 0.3) is 0 Å². The van der Waals surface area contributed by atoms with Crippen LogP contribution in [0.5, 0.6) is 0 Å². The van der Waals surface area contributed by atoms with E-state index in [4.69, 9.17) is 0 Å². The first-order valence-electron chi connectivity index (χ1n) is 6.82. The number of amides is 3. The standard InChI is InChI=1S/C14H20N4O2/c1-3-13(19)17-6-7-18(10-17)14(20)16-9-12-8-11(2)4-5-15-12/h4-5,8H,3,6-7,9-10H2,1-2H3,(H,16,20). The van der Waals surface area contributed by atoms with E-state index in [1.54, 1.807) is 16.0 Å². The van der Waals surface area contributed by atoms with Crippen LogP contribution in [0.25, 0.3) is 0 Å². The van der Waals surface area contributed by atoms with E-state index in [2.05, 4.69) is 10.3 Å². The molecule has 1 aliphatic heterocycles.